The minimum atomic E-state index is -2.91. The number of aliphatic imine (C=N–C) groups is 1. The molecule has 142 valence electrons. The minimum Gasteiger partial charge on any atom is -0.490 e. The molecule has 0 radical (unpaired) electrons. The second-order valence-electron chi connectivity index (χ2n) is 5.29. The molecule has 0 saturated carbocycles. The third-order valence-electron chi connectivity index (χ3n) is 3.25. The Morgan fingerprint density at radius 3 is 2.62 bits per heavy atom. The maximum absolute atomic E-state index is 12.4. The Labute approximate surface area is 168 Å². The van der Waals surface area contributed by atoms with Gasteiger partial charge in [0.25, 0.3) is 0 Å². The summed E-state index contributed by atoms with van der Waals surface area (Å²) in [7, 11) is 0. The molecule has 0 saturated heterocycles. The van der Waals surface area contributed by atoms with Gasteiger partial charge >= 0.3 is 6.61 Å². The molecule has 0 atom stereocenters. The maximum Gasteiger partial charge on any atom is 0.387 e. The van der Waals surface area contributed by atoms with E-state index in [0.717, 1.165) is 16.8 Å². The number of halogens is 3. The van der Waals surface area contributed by atoms with Crippen LogP contribution in [0.3, 0.4) is 0 Å². The van der Waals surface area contributed by atoms with E-state index >= 15 is 0 Å². The Bertz CT molecular complexity index is 742. The predicted octanol–water partition coefficient (Wildman–Crippen LogP) is 4.54. The van der Waals surface area contributed by atoms with Crippen LogP contribution in [-0.4, -0.2) is 19.2 Å². The Hall–Kier alpha value is -2.10. The highest BCUT2D eigenvalue weighted by atomic mass is 127. The first-order valence-corrected chi connectivity index (χ1v) is 7.82. The van der Waals surface area contributed by atoms with Crippen LogP contribution in [0.4, 0.5) is 14.5 Å². The van der Waals surface area contributed by atoms with Crippen molar-refractivity contribution in [3.63, 3.8) is 0 Å². The van der Waals surface area contributed by atoms with Crippen LogP contribution in [0.15, 0.2) is 47.5 Å². The van der Waals surface area contributed by atoms with Crippen LogP contribution < -0.4 is 20.5 Å². The van der Waals surface area contributed by atoms with Crippen molar-refractivity contribution in [3.05, 3.63) is 53.6 Å². The third kappa shape index (κ3) is 7.03. The van der Waals surface area contributed by atoms with Crippen LogP contribution in [0.2, 0.25) is 0 Å². The van der Waals surface area contributed by atoms with E-state index in [4.69, 9.17) is 10.5 Å². The summed E-state index contributed by atoms with van der Waals surface area (Å²) >= 11 is 0. The fraction of sp³-hybridized carbons (Fsp3) is 0.278. The van der Waals surface area contributed by atoms with Gasteiger partial charge in [-0.05, 0) is 49.2 Å². The van der Waals surface area contributed by atoms with Gasteiger partial charge in [-0.2, -0.15) is 8.78 Å². The van der Waals surface area contributed by atoms with E-state index in [9.17, 15) is 8.78 Å². The number of anilines is 1. The summed E-state index contributed by atoms with van der Waals surface area (Å²) < 4.78 is 34.6. The molecule has 26 heavy (non-hydrogen) atoms. The number of guanidine groups is 1. The van der Waals surface area contributed by atoms with Crippen molar-refractivity contribution in [1.29, 1.82) is 0 Å². The lowest BCUT2D eigenvalue weighted by molar-refractivity contribution is -0.0514. The maximum atomic E-state index is 12.4. The van der Waals surface area contributed by atoms with Gasteiger partial charge in [-0.1, -0.05) is 18.2 Å². The lowest BCUT2D eigenvalue weighted by Gasteiger charge is -2.12. The first kappa shape index (κ1) is 21.9. The average Bonchev–Trinajstić information content (AvgIpc) is 2.55. The number of hydrogen-bond donors (Lipinski definition) is 2. The number of nitrogens with two attached hydrogens (primary N) is 1. The van der Waals surface area contributed by atoms with E-state index in [1.807, 2.05) is 31.2 Å². The van der Waals surface area contributed by atoms with E-state index in [1.54, 1.807) is 19.1 Å². The smallest absolute Gasteiger partial charge is 0.387 e. The molecule has 2 aromatic rings. The molecular weight excluding hydrogens is 455 g/mol. The molecule has 2 rings (SSSR count). The molecule has 5 nitrogen and oxygen atoms in total. The van der Waals surface area contributed by atoms with E-state index in [1.165, 1.54) is 6.07 Å². The Balaban J connectivity index is 0.00000338. The van der Waals surface area contributed by atoms with E-state index < -0.39 is 6.61 Å². The number of rotatable bonds is 7. The molecule has 8 heteroatoms. The van der Waals surface area contributed by atoms with Gasteiger partial charge in [-0.3, -0.25) is 0 Å². The third-order valence-corrected chi connectivity index (χ3v) is 3.25. The first-order valence-electron chi connectivity index (χ1n) is 7.82. The minimum absolute atomic E-state index is 0. The molecule has 0 spiro atoms. The number of ether oxygens (including phenoxy) is 2. The fourth-order valence-corrected chi connectivity index (χ4v) is 2.20. The number of nitrogens with one attached hydrogen (secondary N) is 1. The summed E-state index contributed by atoms with van der Waals surface area (Å²) in [5.74, 6) is 0.507. The molecule has 0 unspecified atom stereocenters. The summed E-state index contributed by atoms with van der Waals surface area (Å²) in [5.41, 5.74) is 8.59. The number of alkyl halides is 2. The van der Waals surface area contributed by atoms with Crippen LogP contribution in [-0.2, 0) is 6.54 Å². The van der Waals surface area contributed by atoms with Gasteiger partial charge in [0, 0.05) is 5.69 Å². The molecule has 2 aromatic carbocycles. The van der Waals surface area contributed by atoms with Crippen LogP contribution >= 0.6 is 24.0 Å². The molecular formula is C18H22F2IN3O2. The lowest BCUT2D eigenvalue weighted by atomic mass is 10.2. The monoisotopic (exact) mass is 477 g/mol. The molecule has 3 N–H and O–H groups in total. The quantitative estimate of drug-likeness (QED) is 0.349. The highest BCUT2D eigenvalue weighted by molar-refractivity contribution is 14.0. The first-order chi connectivity index (χ1) is 12.0. The van der Waals surface area contributed by atoms with E-state index in [-0.39, 0.29) is 48.0 Å². The van der Waals surface area contributed by atoms with Crippen molar-refractivity contribution in [2.45, 2.75) is 27.0 Å². The summed E-state index contributed by atoms with van der Waals surface area (Å²) in [6.45, 7) is 1.46. The van der Waals surface area contributed by atoms with Gasteiger partial charge in [-0.25, -0.2) is 4.99 Å². The van der Waals surface area contributed by atoms with Gasteiger partial charge < -0.3 is 20.5 Å². The largest absolute Gasteiger partial charge is 0.490 e. The second kappa shape index (κ2) is 10.8. The summed E-state index contributed by atoms with van der Waals surface area (Å²) in [6.07, 6.45) is 0. The molecule has 0 heterocycles. The molecule has 0 aliphatic rings. The number of benzene rings is 2. The van der Waals surface area contributed by atoms with Gasteiger partial charge in [0.1, 0.15) is 0 Å². The number of aryl methyl sites for hydroxylation is 1. The Morgan fingerprint density at radius 2 is 1.96 bits per heavy atom. The number of nitrogens with zero attached hydrogens (tertiary/aromatic N) is 1. The zero-order chi connectivity index (χ0) is 18.2. The average molecular weight is 477 g/mol. The van der Waals surface area contributed by atoms with Gasteiger partial charge in [-0.15, -0.1) is 24.0 Å². The summed E-state index contributed by atoms with van der Waals surface area (Å²) in [5, 5.41) is 3.00. The van der Waals surface area contributed by atoms with Crippen molar-refractivity contribution < 1.29 is 18.3 Å². The summed E-state index contributed by atoms with van der Waals surface area (Å²) in [6, 6.07) is 12.4. The van der Waals surface area contributed by atoms with Crippen molar-refractivity contribution in [3.8, 4) is 11.5 Å². The molecule has 0 amide bonds. The summed E-state index contributed by atoms with van der Waals surface area (Å²) in [4.78, 5) is 4.25. The molecule has 0 fully saturated rings. The fourth-order valence-electron chi connectivity index (χ4n) is 2.20. The van der Waals surface area contributed by atoms with Crippen molar-refractivity contribution in [1.82, 2.24) is 0 Å². The molecule has 0 aromatic heterocycles. The van der Waals surface area contributed by atoms with Gasteiger partial charge in [0.2, 0.25) is 0 Å². The van der Waals surface area contributed by atoms with Crippen molar-refractivity contribution in [2.24, 2.45) is 10.7 Å². The van der Waals surface area contributed by atoms with Crippen molar-refractivity contribution >= 4 is 35.6 Å². The zero-order valence-electron chi connectivity index (χ0n) is 14.5. The van der Waals surface area contributed by atoms with Gasteiger partial charge in [0.15, 0.2) is 17.5 Å². The normalized spacial score (nSPS) is 11.0. The van der Waals surface area contributed by atoms with Gasteiger partial charge in [0.05, 0.1) is 13.2 Å². The molecule has 0 bridgehead atoms. The molecule has 0 aliphatic carbocycles. The highest BCUT2D eigenvalue weighted by Crippen LogP contribution is 2.30. The van der Waals surface area contributed by atoms with Crippen LogP contribution in [0.5, 0.6) is 11.5 Å². The lowest BCUT2D eigenvalue weighted by Crippen LogP contribution is -2.22. The van der Waals surface area contributed by atoms with Crippen LogP contribution in [0.25, 0.3) is 0 Å². The Morgan fingerprint density at radius 1 is 1.19 bits per heavy atom. The topological polar surface area (TPSA) is 68.9 Å². The van der Waals surface area contributed by atoms with Crippen LogP contribution in [0.1, 0.15) is 18.1 Å². The molecule has 0 aliphatic heterocycles. The predicted molar refractivity (Wildman–Crippen MR) is 110 cm³/mol. The Kier molecular flexibility index (Phi) is 9.11. The van der Waals surface area contributed by atoms with E-state index in [2.05, 4.69) is 15.0 Å². The van der Waals surface area contributed by atoms with Crippen LogP contribution in [0, 0.1) is 6.92 Å². The number of hydrogen-bond acceptors (Lipinski definition) is 3. The zero-order valence-corrected chi connectivity index (χ0v) is 16.9. The highest BCUT2D eigenvalue weighted by Gasteiger charge is 2.11. The second-order valence-corrected chi connectivity index (χ2v) is 5.29. The van der Waals surface area contributed by atoms with E-state index in [0.29, 0.717) is 6.61 Å². The SMILES string of the molecule is CCOc1cc(CN=C(N)Nc2cccc(C)c2)ccc1OC(F)F.I. The van der Waals surface area contributed by atoms with Crippen molar-refractivity contribution in [2.75, 3.05) is 11.9 Å². The standard InChI is InChI=1S/C18H21F2N3O2.HI/c1-3-24-16-10-13(7-8-15(16)25-17(19)20)11-22-18(21)23-14-6-4-5-12(2)9-14;/h4-10,17H,3,11H2,1-2H3,(H3,21,22,23);1H.